The first-order chi connectivity index (χ1) is 10.1. The Labute approximate surface area is 120 Å². The maximum Gasteiger partial charge on any atom is 0.305 e. The van der Waals surface area contributed by atoms with Crippen LogP contribution in [0, 0.1) is 0 Å². The lowest BCUT2D eigenvalue weighted by molar-refractivity contribution is -0.137. The zero-order valence-corrected chi connectivity index (χ0v) is 11.3. The van der Waals surface area contributed by atoms with Crippen LogP contribution in [0.5, 0.6) is 11.5 Å². The maximum atomic E-state index is 10.8. The van der Waals surface area contributed by atoms with Gasteiger partial charge in [-0.15, -0.1) is 5.10 Å². The van der Waals surface area contributed by atoms with Crippen LogP contribution in [0.4, 0.5) is 0 Å². The molecule has 0 bridgehead atoms. The Balaban J connectivity index is 1.83. The monoisotopic (exact) mass is 290 g/mol. The highest BCUT2D eigenvalue weighted by Crippen LogP contribution is 2.35. The SMILES string of the molecule is CC(CC(=O)O)n1nnnc1C1COc2ccccc2O1. The van der Waals surface area contributed by atoms with Gasteiger partial charge in [0.2, 0.25) is 0 Å². The number of aromatic nitrogens is 4. The number of nitrogens with zero attached hydrogens (tertiary/aromatic N) is 4. The predicted molar refractivity (Wildman–Crippen MR) is 70.1 cm³/mol. The summed E-state index contributed by atoms with van der Waals surface area (Å²) in [5.41, 5.74) is 0. The molecule has 1 aromatic carbocycles. The Morgan fingerprint density at radius 2 is 2.24 bits per heavy atom. The van der Waals surface area contributed by atoms with Gasteiger partial charge in [0.05, 0.1) is 12.5 Å². The van der Waals surface area contributed by atoms with E-state index >= 15 is 0 Å². The van der Waals surface area contributed by atoms with Gasteiger partial charge in [0, 0.05) is 0 Å². The molecular formula is C13H14N4O4. The summed E-state index contributed by atoms with van der Waals surface area (Å²) in [7, 11) is 0. The zero-order chi connectivity index (χ0) is 14.8. The highest BCUT2D eigenvalue weighted by atomic mass is 16.6. The van der Waals surface area contributed by atoms with Gasteiger partial charge in [-0.3, -0.25) is 4.79 Å². The smallest absolute Gasteiger partial charge is 0.305 e. The first kappa shape index (κ1) is 13.3. The second-order valence-corrected chi connectivity index (χ2v) is 4.79. The second kappa shape index (κ2) is 5.39. The number of carboxylic acid groups (broad SMARTS) is 1. The molecule has 1 aliphatic heterocycles. The highest BCUT2D eigenvalue weighted by Gasteiger charge is 2.29. The summed E-state index contributed by atoms with van der Waals surface area (Å²) in [6, 6.07) is 6.97. The molecule has 0 amide bonds. The van der Waals surface area contributed by atoms with Gasteiger partial charge in [-0.1, -0.05) is 12.1 Å². The molecule has 8 heteroatoms. The van der Waals surface area contributed by atoms with Crippen LogP contribution in [-0.4, -0.2) is 37.9 Å². The average molecular weight is 290 g/mol. The number of rotatable bonds is 4. The number of carboxylic acids is 1. The molecule has 1 N–H and O–H groups in total. The number of aliphatic carboxylic acids is 1. The lowest BCUT2D eigenvalue weighted by atomic mass is 10.2. The third-order valence-corrected chi connectivity index (χ3v) is 3.20. The first-order valence-corrected chi connectivity index (χ1v) is 6.53. The van der Waals surface area contributed by atoms with E-state index < -0.39 is 12.1 Å². The molecule has 8 nitrogen and oxygen atoms in total. The lowest BCUT2D eigenvalue weighted by Gasteiger charge is -2.26. The number of ether oxygens (including phenoxy) is 2. The van der Waals surface area contributed by atoms with Crippen LogP contribution < -0.4 is 9.47 Å². The summed E-state index contributed by atoms with van der Waals surface area (Å²) >= 11 is 0. The molecule has 0 fully saturated rings. The Bertz CT molecular complexity index is 657. The van der Waals surface area contributed by atoms with Crippen molar-refractivity contribution in [3.63, 3.8) is 0 Å². The van der Waals surface area contributed by atoms with Crippen molar-refractivity contribution < 1.29 is 19.4 Å². The van der Waals surface area contributed by atoms with Gasteiger partial charge in [-0.05, 0) is 29.5 Å². The molecule has 0 radical (unpaired) electrons. The third kappa shape index (κ3) is 2.64. The Morgan fingerprint density at radius 1 is 1.48 bits per heavy atom. The van der Waals surface area contributed by atoms with Gasteiger partial charge in [0.15, 0.2) is 23.4 Å². The van der Waals surface area contributed by atoms with Crippen molar-refractivity contribution in [1.29, 1.82) is 0 Å². The number of benzene rings is 1. The van der Waals surface area contributed by atoms with Gasteiger partial charge < -0.3 is 14.6 Å². The molecule has 2 atom stereocenters. The number of hydrogen-bond acceptors (Lipinski definition) is 6. The molecule has 2 unspecified atom stereocenters. The fourth-order valence-corrected chi connectivity index (χ4v) is 2.21. The van der Waals surface area contributed by atoms with Crippen molar-refractivity contribution >= 4 is 5.97 Å². The van der Waals surface area contributed by atoms with E-state index in [-0.39, 0.29) is 19.1 Å². The largest absolute Gasteiger partial charge is 0.485 e. The number of fused-ring (bicyclic) bond motifs is 1. The molecule has 2 heterocycles. The molecule has 1 aliphatic rings. The minimum Gasteiger partial charge on any atom is -0.485 e. The van der Waals surface area contributed by atoms with Crippen LogP contribution in [0.2, 0.25) is 0 Å². The average Bonchev–Trinajstić information content (AvgIpc) is 2.95. The van der Waals surface area contributed by atoms with Crippen molar-refractivity contribution in [3.8, 4) is 11.5 Å². The summed E-state index contributed by atoms with van der Waals surface area (Å²) in [6.45, 7) is 2.02. The lowest BCUT2D eigenvalue weighted by Crippen LogP contribution is -2.26. The molecule has 0 aliphatic carbocycles. The third-order valence-electron chi connectivity index (χ3n) is 3.20. The Hall–Kier alpha value is -2.64. The minimum absolute atomic E-state index is 0.0673. The standard InChI is InChI=1S/C13H14N4O4/c1-8(6-12(18)19)17-13(14-15-16-17)11-7-20-9-4-2-3-5-10(9)21-11/h2-5,8,11H,6-7H2,1H3,(H,18,19). The summed E-state index contributed by atoms with van der Waals surface area (Å²) in [4.78, 5) is 10.8. The van der Waals surface area contributed by atoms with Crippen LogP contribution in [0.25, 0.3) is 0 Å². The molecule has 0 saturated carbocycles. The van der Waals surface area contributed by atoms with Crippen molar-refractivity contribution in [2.75, 3.05) is 6.61 Å². The van der Waals surface area contributed by atoms with Crippen LogP contribution >= 0.6 is 0 Å². The highest BCUT2D eigenvalue weighted by molar-refractivity contribution is 5.67. The van der Waals surface area contributed by atoms with E-state index in [0.717, 1.165) is 0 Å². The van der Waals surface area contributed by atoms with Crippen LogP contribution in [0.15, 0.2) is 24.3 Å². The van der Waals surface area contributed by atoms with Gasteiger partial charge >= 0.3 is 5.97 Å². The van der Waals surface area contributed by atoms with Crippen molar-refractivity contribution in [2.45, 2.75) is 25.5 Å². The normalized spacial score (nSPS) is 18.2. The Kier molecular flexibility index (Phi) is 3.43. The first-order valence-electron chi connectivity index (χ1n) is 6.53. The fraction of sp³-hybridized carbons (Fsp3) is 0.385. The summed E-state index contributed by atoms with van der Waals surface area (Å²) < 4.78 is 12.9. The van der Waals surface area contributed by atoms with E-state index in [4.69, 9.17) is 14.6 Å². The minimum atomic E-state index is -0.907. The number of tetrazole rings is 1. The number of para-hydroxylation sites is 2. The number of hydrogen-bond donors (Lipinski definition) is 1. The fourth-order valence-electron chi connectivity index (χ4n) is 2.21. The molecule has 3 rings (SSSR count). The van der Waals surface area contributed by atoms with Crippen LogP contribution in [0.3, 0.4) is 0 Å². The zero-order valence-electron chi connectivity index (χ0n) is 11.3. The van der Waals surface area contributed by atoms with E-state index in [1.54, 1.807) is 13.0 Å². The molecule has 21 heavy (non-hydrogen) atoms. The molecule has 1 aromatic heterocycles. The molecular weight excluding hydrogens is 276 g/mol. The van der Waals surface area contributed by atoms with Gasteiger partial charge in [0.1, 0.15) is 6.61 Å². The quantitative estimate of drug-likeness (QED) is 0.903. The van der Waals surface area contributed by atoms with E-state index in [9.17, 15) is 4.79 Å². The maximum absolute atomic E-state index is 10.8. The van der Waals surface area contributed by atoms with E-state index in [2.05, 4.69) is 15.5 Å². The molecule has 110 valence electrons. The predicted octanol–water partition coefficient (Wildman–Crippen LogP) is 1.22. The van der Waals surface area contributed by atoms with Gasteiger partial charge in [-0.2, -0.15) is 0 Å². The van der Waals surface area contributed by atoms with Gasteiger partial charge in [0.25, 0.3) is 0 Å². The molecule has 0 saturated heterocycles. The summed E-state index contributed by atoms with van der Waals surface area (Å²) in [6.07, 6.45) is -0.534. The van der Waals surface area contributed by atoms with E-state index in [0.29, 0.717) is 17.3 Å². The van der Waals surface area contributed by atoms with E-state index in [1.807, 2.05) is 18.2 Å². The molecule has 0 spiro atoms. The Morgan fingerprint density at radius 3 is 3.00 bits per heavy atom. The van der Waals surface area contributed by atoms with Crippen LogP contribution in [-0.2, 0) is 4.79 Å². The topological polar surface area (TPSA) is 99.4 Å². The van der Waals surface area contributed by atoms with Crippen molar-refractivity contribution in [2.24, 2.45) is 0 Å². The summed E-state index contributed by atoms with van der Waals surface area (Å²) in [5.74, 6) is 0.842. The van der Waals surface area contributed by atoms with Crippen molar-refractivity contribution in [3.05, 3.63) is 30.1 Å². The van der Waals surface area contributed by atoms with E-state index in [1.165, 1.54) is 4.68 Å². The van der Waals surface area contributed by atoms with Crippen LogP contribution in [0.1, 0.15) is 31.3 Å². The van der Waals surface area contributed by atoms with Gasteiger partial charge in [-0.25, -0.2) is 4.68 Å². The van der Waals surface area contributed by atoms with Crippen molar-refractivity contribution in [1.82, 2.24) is 20.2 Å². The molecule has 2 aromatic rings. The summed E-state index contributed by atoms with van der Waals surface area (Å²) in [5, 5.41) is 20.3. The second-order valence-electron chi connectivity index (χ2n) is 4.79. The number of carbonyl (C=O) groups is 1.